The monoisotopic (exact) mass is 1640 g/mol. The van der Waals surface area contributed by atoms with Gasteiger partial charge in [0.1, 0.15) is 11.0 Å². The van der Waals surface area contributed by atoms with Crippen molar-refractivity contribution >= 4 is 233 Å². The number of halogens is 1. The van der Waals surface area contributed by atoms with E-state index in [0.29, 0.717) is 11.8 Å². The van der Waals surface area contributed by atoms with Gasteiger partial charge in [0.2, 0.25) is 11.8 Å². The van der Waals surface area contributed by atoms with Gasteiger partial charge in [0.15, 0.2) is 11.2 Å². The van der Waals surface area contributed by atoms with E-state index in [2.05, 4.69) is 383 Å². The number of fused-ring (bicyclic) bond motifs is 8. The van der Waals surface area contributed by atoms with Gasteiger partial charge in [-0.2, -0.15) is 8.93 Å². The average Bonchev–Trinajstić information content (AvgIpc) is 1.64. The number of para-hydroxylation sites is 4. The summed E-state index contributed by atoms with van der Waals surface area (Å²) < 4.78 is 12.9. The Labute approximate surface area is 645 Å². The Hall–Kier alpha value is -6.74. The van der Waals surface area contributed by atoms with E-state index in [1.807, 2.05) is 72.8 Å². The molecular formula is C86H72BrN4O2P12-3. The highest BCUT2D eigenvalue weighted by molar-refractivity contribution is 9.10. The molecule has 6 atom stereocenters. The molecule has 6 nitrogen and oxygen atoms in total. The van der Waals surface area contributed by atoms with Crippen molar-refractivity contribution in [2.45, 2.75) is 0 Å². The third kappa shape index (κ3) is 20.5. The second-order valence-corrected chi connectivity index (χ2v) is 57.2. The summed E-state index contributed by atoms with van der Waals surface area (Å²) in [5.41, 5.74) is 15.5. The molecule has 518 valence electrons. The number of anilines is 5. The van der Waals surface area contributed by atoms with E-state index < -0.39 is 0 Å². The molecule has 0 aliphatic heterocycles. The summed E-state index contributed by atoms with van der Waals surface area (Å²) in [6.07, 6.45) is 0. The largest absolute Gasteiger partial charge is 0.554 e. The quantitative estimate of drug-likeness (QED) is 0.115. The van der Waals surface area contributed by atoms with E-state index in [0.717, 1.165) is 77.4 Å². The molecule has 0 amide bonds. The lowest BCUT2D eigenvalue weighted by Gasteiger charge is -2.26. The first kappa shape index (κ1) is 76.5. The standard InChI is InChI=1S/C43H28N2O.C24H17N.C19H12BrNO.H6P4.H5P4.H4P4/c1-2-10-35-27-39(23-19-29(35)7-1)45(40-24-20-36-25-33-8-3-4-9-34(33)26-37(36)28-40)38-21-17-31(18-22-38)30-13-15-32(16-14-30)43-44-41-11-5-6-12-42(41)46-43;1-2-8-20-15-23(11-9-17(20)5-1)25-24-12-10-21-13-18-6-3-4-7-19(18)14-22(21)16-24;20-16-11-9-14(10-12-16)13-5-7-15(8-6-13)19-21-17-3-1-2-4-18(17)22-19;3*1-4(2)3/h1-28H;1-16,25H;1-12H;1-3H2;1H,2-3H2;1-2H,3H2/q;;;;-1;-2. The van der Waals surface area contributed by atoms with E-state index >= 15 is 0 Å². The van der Waals surface area contributed by atoms with Crippen molar-refractivity contribution in [3.05, 3.63) is 344 Å². The van der Waals surface area contributed by atoms with E-state index in [1.54, 1.807) is 0 Å². The third-order valence-corrected chi connectivity index (χ3v) is 17.7. The smallest absolute Gasteiger partial charge is 0.227 e. The number of oxazole rings is 2. The van der Waals surface area contributed by atoms with Gasteiger partial charge < -0.3 is 52.8 Å². The van der Waals surface area contributed by atoms with Crippen LogP contribution in [0.1, 0.15) is 0 Å². The second-order valence-electron chi connectivity index (χ2n) is 24.5. The lowest BCUT2D eigenvalue weighted by molar-refractivity contribution is 0.619. The van der Waals surface area contributed by atoms with Gasteiger partial charge in [-0.15, -0.1) is 44.6 Å². The van der Waals surface area contributed by atoms with Crippen molar-refractivity contribution in [1.82, 2.24) is 9.97 Å². The van der Waals surface area contributed by atoms with Crippen LogP contribution in [-0.4, -0.2) is 9.97 Å². The maximum atomic E-state index is 5.98. The predicted octanol–water partition coefficient (Wildman–Crippen LogP) is 31.2. The Balaban J connectivity index is 0.000000139. The van der Waals surface area contributed by atoms with Crippen LogP contribution in [-0.2, 0) is 0 Å². The summed E-state index contributed by atoms with van der Waals surface area (Å²) >= 11 is 3.46. The topological polar surface area (TPSA) is 67.3 Å². The van der Waals surface area contributed by atoms with Gasteiger partial charge in [-0.1, -0.05) is 210 Å². The number of hydrogen-bond donors (Lipinski definition) is 1. The molecule has 2 aromatic heterocycles. The van der Waals surface area contributed by atoms with Crippen LogP contribution in [0.2, 0.25) is 0 Å². The fourth-order valence-corrected chi connectivity index (χ4v) is 12.6. The van der Waals surface area contributed by atoms with Crippen molar-refractivity contribution < 1.29 is 8.83 Å². The Kier molecular flexibility index (Phi) is 26.9. The van der Waals surface area contributed by atoms with Crippen LogP contribution in [0.25, 0.3) is 132 Å². The zero-order chi connectivity index (χ0) is 72.8. The van der Waals surface area contributed by atoms with Gasteiger partial charge in [0.05, 0.1) is 0 Å². The third-order valence-electron chi connectivity index (χ3n) is 17.2. The van der Waals surface area contributed by atoms with Crippen LogP contribution in [0.5, 0.6) is 0 Å². The summed E-state index contributed by atoms with van der Waals surface area (Å²) in [5, 5.41) is 18.5. The van der Waals surface area contributed by atoms with Gasteiger partial charge in [-0.05, 0) is 239 Å². The minimum absolute atomic E-state index is 0.0185. The molecule has 16 aromatic carbocycles. The van der Waals surface area contributed by atoms with Crippen LogP contribution in [0.4, 0.5) is 28.4 Å². The summed E-state index contributed by atoms with van der Waals surface area (Å²) in [6, 6.07) is 119. The molecule has 18 aromatic rings. The maximum Gasteiger partial charge on any atom is 0.227 e. The molecule has 0 saturated heterocycles. The molecule has 1 N–H and O–H groups in total. The van der Waals surface area contributed by atoms with Crippen LogP contribution in [0, 0.1) is 0 Å². The summed E-state index contributed by atoms with van der Waals surface area (Å²) in [6.45, 7) is 0.0556. The van der Waals surface area contributed by atoms with Crippen molar-refractivity contribution in [3.63, 3.8) is 0 Å². The van der Waals surface area contributed by atoms with Crippen molar-refractivity contribution in [2.24, 2.45) is 0 Å². The van der Waals surface area contributed by atoms with Crippen LogP contribution in [0.15, 0.2) is 353 Å². The summed E-state index contributed by atoms with van der Waals surface area (Å²) in [4.78, 5) is 11.5. The van der Waals surface area contributed by atoms with Crippen molar-refractivity contribution in [3.8, 4) is 45.2 Å². The first-order valence-electron chi connectivity index (χ1n) is 33.3. The zero-order valence-corrected chi connectivity index (χ0v) is 70.9. The first-order chi connectivity index (χ1) is 51.1. The minimum atomic E-state index is -0.0926. The van der Waals surface area contributed by atoms with Gasteiger partial charge in [0, 0.05) is 44.0 Å². The van der Waals surface area contributed by atoms with Crippen molar-refractivity contribution in [2.75, 3.05) is 10.2 Å². The lowest BCUT2D eigenvalue weighted by Crippen LogP contribution is -2.09. The lowest BCUT2D eigenvalue weighted by atomic mass is 10.0. The second kappa shape index (κ2) is 36.9. The molecule has 0 spiro atoms. The number of hydrogen-bond acceptors (Lipinski definition) is 6. The Bertz CT molecular complexity index is 5880. The van der Waals surface area contributed by atoms with Gasteiger partial charge in [-0.3, -0.25) is 0 Å². The van der Waals surface area contributed by atoms with Crippen molar-refractivity contribution in [1.29, 1.82) is 0 Å². The van der Waals surface area contributed by atoms with E-state index in [-0.39, 0.29) is 21.0 Å². The van der Waals surface area contributed by atoms with Crippen LogP contribution < -0.4 is 10.2 Å². The van der Waals surface area contributed by atoms with E-state index in [4.69, 9.17) is 8.83 Å². The fraction of sp³-hybridized carbons (Fsp3) is 0. The Morgan fingerprint density at radius 3 is 0.981 bits per heavy atom. The number of nitrogens with one attached hydrogen (secondary N) is 1. The molecule has 19 heteroatoms. The molecule has 0 saturated carbocycles. The van der Waals surface area contributed by atoms with Crippen LogP contribution >= 0.6 is 117 Å². The molecule has 0 aliphatic rings. The SMILES string of the molecule is Brc1ccc(-c2ccc(-c3nc4ccccc4o3)cc2)cc1.PP(P)P.[PH-]P(P)P.[PH-]P([PH-])P.c1ccc2cc(N(c3ccc(-c4ccc(-c5nc6ccccc6o5)cc4)cc3)c3ccc4cc5ccccc5cc4c3)ccc2c1.c1ccc2cc(Nc3ccc4cc5ccccc5cc4c3)ccc2c1. The molecule has 105 heavy (non-hydrogen) atoms. The molecular weight excluding hydrogens is 1570 g/mol. The van der Waals surface area contributed by atoms with Gasteiger partial charge in [-0.25, -0.2) is 17.0 Å². The van der Waals surface area contributed by atoms with Crippen LogP contribution in [0.3, 0.4) is 0 Å². The van der Waals surface area contributed by atoms with E-state index in [1.165, 1.54) is 75.8 Å². The zero-order valence-electron chi connectivity index (χ0n) is 56.7. The molecule has 0 bridgehead atoms. The number of benzene rings is 16. The van der Waals surface area contributed by atoms with E-state index in [9.17, 15) is 0 Å². The van der Waals surface area contributed by atoms with Gasteiger partial charge in [0.25, 0.3) is 0 Å². The molecule has 18 rings (SSSR count). The highest BCUT2D eigenvalue weighted by Crippen LogP contribution is 2.61. The summed E-state index contributed by atoms with van der Waals surface area (Å²) in [7, 11) is 25.5. The normalized spacial score (nSPS) is 11.0. The number of rotatable bonds is 9. The molecule has 6 unspecified atom stereocenters. The number of nitrogens with zero attached hydrogens (tertiary/aromatic N) is 3. The fourth-order valence-electron chi connectivity index (χ4n) is 12.3. The average molecular weight is 1650 g/mol. The summed E-state index contributed by atoms with van der Waals surface area (Å²) in [5.74, 6) is 1.29. The minimum Gasteiger partial charge on any atom is -0.554 e. The highest BCUT2D eigenvalue weighted by atomic mass is 79.9. The first-order valence-corrected chi connectivity index (χ1v) is 51.9. The maximum absolute atomic E-state index is 5.98. The number of aromatic nitrogens is 2. The molecule has 2 heterocycles. The Morgan fingerprint density at radius 2 is 0.562 bits per heavy atom. The van der Waals surface area contributed by atoms with Gasteiger partial charge >= 0.3 is 0 Å². The molecule has 0 fully saturated rings. The molecule has 0 aliphatic carbocycles. The molecule has 0 radical (unpaired) electrons. The Morgan fingerprint density at radius 1 is 0.295 bits per heavy atom. The predicted molar refractivity (Wildman–Crippen MR) is 497 cm³/mol. The highest BCUT2D eigenvalue weighted by Gasteiger charge is 2.16.